The van der Waals surface area contributed by atoms with Crippen LogP contribution in [0.25, 0.3) is 0 Å². The molecule has 1 aliphatic rings. The Hall–Kier alpha value is -1.36. The molecule has 1 fully saturated rings. The first-order valence-electron chi connectivity index (χ1n) is 7.12. The number of aromatic nitrogens is 2. The first kappa shape index (κ1) is 14.1. The molecule has 0 aromatic carbocycles. The molecule has 2 N–H and O–H groups in total. The monoisotopic (exact) mass is 264 g/mol. The highest BCUT2D eigenvalue weighted by atomic mass is 16.5. The minimum atomic E-state index is 0.137. The van der Waals surface area contributed by atoms with Gasteiger partial charge in [0.2, 0.25) is 5.88 Å². The Morgan fingerprint density at radius 1 is 1.37 bits per heavy atom. The van der Waals surface area contributed by atoms with Crippen molar-refractivity contribution in [2.45, 2.75) is 39.2 Å². The van der Waals surface area contributed by atoms with E-state index in [-0.39, 0.29) is 6.10 Å². The standard InChI is InChI=1S/C14H24N4O/c1-11(2)19-14-9-13(16-10-17-14)18-7-4-12(3-6-15)5-8-18/h9-12H,3-8,15H2,1-2H3. The van der Waals surface area contributed by atoms with E-state index in [1.165, 1.54) is 12.8 Å². The molecule has 0 aliphatic carbocycles. The highest BCUT2D eigenvalue weighted by molar-refractivity contribution is 5.41. The van der Waals surface area contributed by atoms with Crippen LogP contribution in [0.5, 0.6) is 5.88 Å². The first-order chi connectivity index (χ1) is 9.19. The number of hydrogen-bond donors (Lipinski definition) is 1. The van der Waals surface area contributed by atoms with Gasteiger partial charge in [0.1, 0.15) is 12.1 Å². The third-order valence-corrected chi connectivity index (χ3v) is 3.50. The van der Waals surface area contributed by atoms with Crippen LogP contribution in [0, 0.1) is 5.92 Å². The van der Waals surface area contributed by atoms with E-state index in [1.54, 1.807) is 6.33 Å². The summed E-state index contributed by atoms with van der Waals surface area (Å²) in [6, 6.07) is 1.93. The van der Waals surface area contributed by atoms with Gasteiger partial charge in [-0.3, -0.25) is 0 Å². The average Bonchev–Trinajstić information content (AvgIpc) is 2.39. The Morgan fingerprint density at radius 2 is 2.11 bits per heavy atom. The van der Waals surface area contributed by atoms with E-state index in [2.05, 4.69) is 14.9 Å². The molecule has 5 heteroatoms. The third-order valence-electron chi connectivity index (χ3n) is 3.50. The molecule has 0 atom stereocenters. The minimum Gasteiger partial charge on any atom is -0.475 e. The van der Waals surface area contributed by atoms with Crippen LogP contribution in [0.4, 0.5) is 5.82 Å². The second kappa shape index (κ2) is 6.70. The maximum Gasteiger partial charge on any atom is 0.218 e. The molecule has 0 radical (unpaired) electrons. The molecule has 1 aromatic rings. The predicted molar refractivity (Wildman–Crippen MR) is 76.4 cm³/mol. The quantitative estimate of drug-likeness (QED) is 0.879. The molecular formula is C14H24N4O. The van der Waals surface area contributed by atoms with Crippen molar-refractivity contribution < 1.29 is 4.74 Å². The largest absolute Gasteiger partial charge is 0.475 e. The smallest absolute Gasteiger partial charge is 0.218 e. The van der Waals surface area contributed by atoms with Crippen LogP contribution in [-0.2, 0) is 0 Å². The fourth-order valence-electron chi connectivity index (χ4n) is 2.50. The van der Waals surface area contributed by atoms with Gasteiger partial charge in [-0.2, -0.15) is 0 Å². The van der Waals surface area contributed by atoms with Crippen LogP contribution in [0.1, 0.15) is 33.1 Å². The van der Waals surface area contributed by atoms with Crippen LogP contribution in [0.15, 0.2) is 12.4 Å². The zero-order valence-corrected chi connectivity index (χ0v) is 11.9. The normalized spacial score (nSPS) is 16.9. The van der Waals surface area contributed by atoms with Gasteiger partial charge in [-0.1, -0.05) is 0 Å². The number of hydrogen-bond acceptors (Lipinski definition) is 5. The van der Waals surface area contributed by atoms with Gasteiger partial charge in [0, 0.05) is 19.2 Å². The van der Waals surface area contributed by atoms with E-state index in [0.717, 1.165) is 37.8 Å². The highest BCUT2D eigenvalue weighted by Crippen LogP contribution is 2.25. The van der Waals surface area contributed by atoms with Gasteiger partial charge in [-0.25, -0.2) is 9.97 Å². The summed E-state index contributed by atoms with van der Waals surface area (Å²) in [5, 5.41) is 0. The Bertz CT molecular complexity index is 389. The molecule has 0 spiro atoms. The summed E-state index contributed by atoms with van der Waals surface area (Å²) < 4.78 is 5.61. The topological polar surface area (TPSA) is 64.3 Å². The number of piperidine rings is 1. The molecule has 1 saturated heterocycles. The van der Waals surface area contributed by atoms with E-state index in [9.17, 15) is 0 Å². The van der Waals surface area contributed by atoms with Crippen LogP contribution in [0.2, 0.25) is 0 Å². The van der Waals surface area contributed by atoms with Crippen molar-refractivity contribution >= 4 is 5.82 Å². The molecule has 2 heterocycles. The molecule has 5 nitrogen and oxygen atoms in total. The van der Waals surface area contributed by atoms with E-state index in [0.29, 0.717) is 5.88 Å². The summed E-state index contributed by atoms with van der Waals surface area (Å²) in [6.07, 6.45) is 5.25. The second-order valence-corrected chi connectivity index (χ2v) is 5.39. The highest BCUT2D eigenvalue weighted by Gasteiger charge is 2.20. The third kappa shape index (κ3) is 4.06. The lowest BCUT2D eigenvalue weighted by Crippen LogP contribution is -2.34. The van der Waals surface area contributed by atoms with Gasteiger partial charge in [-0.05, 0) is 45.6 Å². The molecule has 1 aromatic heterocycles. The van der Waals surface area contributed by atoms with E-state index >= 15 is 0 Å². The van der Waals surface area contributed by atoms with Gasteiger partial charge in [-0.15, -0.1) is 0 Å². The predicted octanol–water partition coefficient (Wildman–Crippen LogP) is 1.83. The number of ether oxygens (including phenoxy) is 1. The van der Waals surface area contributed by atoms with Gasteiger partial charge in [0.15, 0.2) is 0 Å². The molecule has 0 amide bonds. The summed E-state index contributed by atoms with van der Waals surface area (Å²) >= 11 is 0. The Kier molecular flexibility index (Phi) is 4.96. The summed E-state index contributed by atoms with van der Waals surface area (Å²) in [5.41, 5.74) is 5.62. The molecular weight excluding hydrogens is 240 g/mol. The van der Waals surface area contributed by atoms with Crippen LogP contribution in [-0.4, -0.2) is 35.7 Å². The van der Waals surface area contributed by atoms with Crippen LogP contribution in [0.3, 0.4) is 0 Å². The molecule has 1 aliphatic heterocycles. The SMILES string of the molecule is CC(C)Oc1cc(N2CCC(CCN)CC2)ncn1. The lowest BCUT2D eigenvalue weighted by atomic mass is 9.94. The van der Waals surface area contributed by atoms with Crippen molar-refractivity contribution in [2.75, 3.05) is 24.5 Å². The lowest BCUT2D eigenvalue weighted by Gasteiger charge is -2.32. The zero-order chi connectivity index (χ0) is 13.7. The summed E-state index contributed by atoms with van der Waals surface area (Å²) in [7, 11) is 0. The van der Waals surface area contributed by atoms with Crippen LogP contribution < -0.4 is 15.4 Å². The Balaban J connectivity index is 1.95. The Labute approximate surface area is 115 Å². The second-order valence-electron chi connectivity index (χ2n) is 5.39. The maximum atomic E-state index is 5.62. The number of nitrogens with zero attached hydrogens (tertiary/aromatic N) is 3. The van der Waals surface area contributed by atoms with Crippen LogP contribution >= 0.6 is 0 Å². The van der Waals surface area contributed by atoms with E-state index in [4.69, 9.17) is 10.5 Å². The molecule has 2 rings (SSSR count). The van der Waals surface area contributed by atoms with Crippen molar-refractivity contribution in [3.8, 4) is 5.88 Å². The maximum absolute atomic E-state index is 5.62. The number of rotatable bonds is 5. The van der Waals surface area contributed by atoms with Crippen molar-refractivity contribution in [2.24, 2.45) is 11.7 Å². The van der Waals surface area contributed by atoms with E-state index < -0.39 is 0 Å². The zero-order valence-electron chi connectivity index (χ0n) is 11.9. The molecule has 0 unspecified atom stereocenters. The lowest BCUT2D eigenvalue weighted by molar-refractivity contribution is 0.232. The summed E-state index contributed by atoms with van der Waals surface area (Å²) in [5.74, 6) is 2.40. The molecule has 0 bridgehead atoms. The first-order valence-corrected chi connectivity index (χ1v) is 7.12. The molecule has 106 valence electrons. The number of anilines is 1. The molecule has 19 heavy (non-hydrogen) atoms. The van der Waals surface area contributed by atoms with Crippen molar-refractivity contribution in [1.29, 1.82) is 0 Å². The average molecular weight is 264 g/mol. The fourth-order valence-corrected chi connectivity index (χ4v) is 2.50. The van der Waals surface area contributed by atoms with Gasteiger partial charge < -0.3 is 15.4 Å². The Morgan fingerprint density at radius 3 is 2.74 bits per heavy atom. The van der Waals surface area contributed by atoms with Crippen molar-refractivity contribution in [3.63, 3.8) is 0 Å². The summed E-state index contributed by atoms with van der Waals surface area (Å²) in [6.45, 7) is 6.89. The fraction of sp³-hybridized carbons (Fsp3) is 0.714. The van der Waals surface area contributed by atoms with E-state index in [1.807, 2.05) is 19.9 Å². The van der Waals surface area contributed by atoms with Crippen molar-refractivity contribution in [1.82, 2.24) is 9.97 Å². The number of nitrogens with two attached hydrogens (primary N) is 1. The van der Waals surface area contributed by atoms with Gasteiger partial charge in [0.25, 0.3) is 0 Å². The van der Waals surface area contributed by atoms with Crippen molar-refractivity contribution in [3.05, 3.63) is 12.4 Å². The minimum absolute atomic E-state index is 0.137. The summed E-state index contributed by atoms with van der Waals surface area (Å²) in [4.78, 5) is 10.8. The van der Waals surface area contributed by atoms with Gasteiger partial charge in [0.05, 0.1) is 6.10 Å². The van der Waals surface area contributed by atoms with Gasteiger partial charge >= 0.3 is 0 Å². The molecule has 0 saturated carbocycles.